The number of furan rings is 1. The summed E-state index contributed by atoms with van der Waals surface area (Å²) in [5.74, 6) is 1.05. The van der Waals surface area contributed by atoms with Crippen LogP contribution in [0.4, 0.5) is 0 Å². The van der Waals surface area contributed by atoms with Crippen LogP contribution in [-0.2, 0) is 11.2 Å². The zero-order valence-corrected chi connectivity index (χ0v) is 11.5. The van der Waals surface area contributed by atoms with Crippen molar-refractivity contribution in [3.8, 4) is 0 Å². The fourth-order valence-electron chi connectivity index (χ4n) is 3.31. The second kappa shape index (κ2) is 4.74. The summed E-state index contributed by atoms with van der Waals surface area (Å²) in [5, 5.41) is 13.2. The maximum absolute atomic E-state index is 12.4. The molecule has 4 rings (SSSR count). The molecule has 4 heteroatoms. The van der Waals surface area contributed by atoms with Crippen LogP contribution < -0.4 is 5.32 Å². The van der Waals surface area contributed by atoms with Gasteiger partial charge in [-0.3, -0.25) is 4.79 Å². The molecule has 2 aliphatic carbocycles. The maximum Gasteiger partial charge on any atom is 0.224 e. The average molecular weight is 283 g/mol. The van der Waals surface area contributed by atoms with Gasteiger partial charge in [0.05, 0.1) is 18.4 Å². The highest BCUT2D eigenvalue weighted by Crippen LogP contribution is 2.48. The number of amides is 1. The van der Waals surface area contributed by atoms with Crippen molar-refractivity contribution in [2.75, 3.05) is 0 Å². The van der Waals surface area contributed by atoms with E-state index in [0.717, 1.165) is 23.3 Å². The van der Waals surface area contributed by atoms with E-state index in [0.29, 0.717) is 6.42 Å². The number of aliphatic hydroxyl groups is 1. The lowest BCUT2D eigenvalue weighted by Gasteiger charge is -2.18. The topological polar surface area (TPSA) is 62.5 Å². The monoisotopic (exact) mass is 283 g/mol. The summed E-state index contributed by atoms with van der Waals surface area (Å²) >= 11 is 0. The molecule has 4 atom stereocenters. The predicted octanol–water partition coefficient (Wildman–Crippen LogP) is 2.16. The third kappa shape index (κ3) is 2.16. The molecular formula is C17H17NO3. The van der Waals surface area contributed by atoms with E-state index in [2.05, 4.69) is 5.32 Å². The van der Waals surface area contributed by atoms with E-state index in [1.54, 1.807) is 6.26 Å². The summed E-state index contributed by atoms with van der Waals surface area (Å²) in [6.07, 6.45) is 2.53. The predicted molar refractivity (Wildman–Crippen MR) is 76.6 cm³/mol. The lowest BCUT2D eigenvalue weighted by Crippen LogP contribution is -2.35. The standard InChI is InChI=1S/C17H17NO3/c19-14-8-10-4-1-2-5-11(10)16(14)18-17(20)13-9-12(13)15-6-3-7-21-15/h1-7,12-14,16,19H,8-9H2,(H,18,20). The highest BCUT2D eigenvalue weighted by molar-refractivity contribution is 5.83. The van der Waals surface area contributed by atoms with Crippen LogP contribution in [0.5, 0.6) is 0 Å². The Morgan fingerprint density at radius 1 is 1.24 bits per heavy atom. The van der Waals surface area contributed by atoms with Crippen LogP contribution in [-0.4, -0.2) is 17.1 Å². The molecule has 4 nitrogen and oxygen atoms in total. The lowest BCUT2D eigenvalue weighted by atomic mass is 10.1. The third-order valence-electron chi connectivity index (χ3n) is 4.54. The summed E-state index contributed by atoms with van der Waals surface area (Å²) in [7, 11) is 0. The fraction of sp³-hybridized carbons (Fsp3) is 0.353. The van der Waals surface area contributed by atoms with Crippen molar-refractivity contribution in [2.24, 2.45) is 5.92 Å². The van der Waals surface area contributed by atoms with E-state index in [1.165, 1.54) is 0 Å². The van der Waals surface area contributed by atoms with Crippen LogP contribution in [0, 0.1) is 5.92 Å². The van der Waals surface area contributed by atoms with Crippen molar-refractivity contribution >= 4 is 5.91 Å². The number of fused-ring (bicyclic) bond motifs is 1. The van der Waals surface area contributed by atoms with Crippen molar-refractivity contribution in [2.45, 2.75) is 30.9 Å². The van der Waals surface area contributed by atoms with Gasteiger partial charge in [-0.1, -0.05) is 24.3 Å². The summed E-state index contributed by atoms with van der Waals surface area (Å²) in [6, 6.07) is 11.4. The van der Waals surface area contributed by atoms with Crippen molar-refractivity contribution < 1.29 is 14.3 Å². The first-order valence-corrected chi connectivity index (χ1v) is 7.33. The fourth-order valence-corrected chi connectivity index (χ4v) is 3.31. The van der Waals surface area contributed by atoms with Gasteiger partial charge in [0.1, 0.15) is 5.76 Å². The second-order valence-electron chi connectivity index (χ2n) is 5.92. The molecule has 0 aliphatic heterocycles. The molecular weight excluding hydrogens is 266 g/mol. The Balaban J connectivity index is 1.46. The van der Waals surface area contributed by atoms with Gasteiger partial charge >= 0.3 is 0 Å². The molecule has 1 aromatic carbocycles. The van der Waals surface area contributed by atoms with Crippen LogP contribution in [0.1, 0.15) is 35.3 Å². The molecule has 2 aliphatic rings. The lowest BCUT2D eigenvalue weighted by molar-refractivity contribution is -0.124. The minimum atomic E-state index is -0.535. The van der Waals surface area contributed by atoms with Gasteiger partial charge in [0.25, 0.3) is 0 Å². The molecule has 0 bridgehead atoms. The van der Waals surface area contributed by atoms with Gasteiger partial charge in [0.2, 0.25) is 5.91 Å². The molecule has 0 radical (unpaired) electrons. The summed E-state index contributed by atoms with van der Waals surface area (Å²) in [5.41, 5.74) is 2.15. The summed E-state index contributed by atoms with van der Waals surface area (Å²) in [6.45, 7) is 0. The molecule has 2 aromatic rings. The van der Waals surface area contributed by atoms with Crippen LogP contribution >= 0.6 is 0 Å². The smallest absolute Gasteiger partial charge is 0.224 e. The number of aliphatic hydroxyl groups excluding tert-OH is 1. The number of nitrogens with one attached hydrogen (secondary N) is 1. The molecule has 2 N–H and O–H groups in total. The van der Waals surface area contributed by atoms with Gasteiger partial charge in [-0.25, -0.2) is 0 Å². The molecule has 1 aromatic heterocycles. The maximum atomic E-state index is 12.4. The van der Waals surface area contributed by atoms with E-state index >= 15 is 0 Å². The van der Waals surface area contributed by atoms with Gasteiger partial charge in [-0.2, -0.15) is 0 Å². The van der Waals surface area contributed by atoms with Gasteiger partial charge in [-0.05, 0) is 29.7 Å². The first-order valence-electron chi connectivity index (χ1n) is 7.33. The first-order chi connectivity index (χ1) is 10.2. The van der Waals surface area contributed by atoms with E-state index < -0.39 is 6.10 Å². The van der Waals surface area contributed by atoms with E-state index in [9.17, 15) is 9.90 Å². The van der Waals surface area contributed by atoms with Crippen molar-refractivity contribution in [1.29, 1.82) is 0 Å². The average Bonchev–Trinajstić information content (AvgIpc) is 2.97. The van der Waals surface area contributed by atoms with Crippen molar-refractivity contribution in [3.05, 3.63) is 59.5 Å². The molecule has 1 saturated carbocycles. The summed E-state index contributed by atoms with van der Waals surface area (Å²) in [4.78, 5) is 12.4. The quantitative estimate of drug-likeness (QED) is 0.907. The van der Waals surface area contributed by atoms with Crippen LogP contribution in [0.3, 0.4) is 0 Å². The van der Waals surface area contributed by atoms with Crippen molar-refractivity contribution in [1.82, 2.24) is 5.32 Å². The number of hydrogen-bond donors (Lipinski definition) is 2. The Kier molecular flexibility index (Phi) is 2.86. The Bertz CT molecular complexity index is 664. The van der Waals surface area contributed by atoms with E-state index in [-0.39, 0.29) is 23.8 Å². The minimum absolute atomic E-state index is 0.0113. The molecule has 4 unspecified atom stereocenters. The minimum Gasteiger partial charge on any atom is -0.469 e. The Labute approximate surface area is 122 Å². The number of carbonyl (C=O) groups is 1. The van der Waals surface area contributed by atoms with E-state index in [4.69, 9.17) is 4.42 Å². The van der Waals surface area contributed by atoms with Crippen LogP contribution in [0.15, 0.2) is 47.1 Å². The normalized spacial score (nSPS) is 30.0. The van der Waals surface area contributed by atoms with Gasteiger partial charge in [-0.15, -0.1) is 0 Å². The van der Waals surface area contributed by atoms with Gasteiger partial charge in [0, 0.05) is 18.3 Å². The van der Waals surface area contributed by atoms with Gasteiger partial charge < -0.3 is 14.8 Å². The third-order valence-corrected chi connectivity index (χ3v) is 4.54. The van der Waals surface area contributed by atoms with E-state index in [1.807, 2.05) is 36.4 Å². The highest BCUT2D eigenvalue weighted by atomic mass is 16.3. The molecule has 108 valence electrons. The van der Waals surface area contributed by atoms with Crippen LogP contribution in [0.2, 0.25) is 0 Å². The largest absolute Gasteiger partial charge is 0.469 e. The van der Waals surface area contributed by atoms with Crippen LogP contribution in [0.25, 0.3) is 0 Å². The molecule has 1 heterocycles. The highest BCUT2D eigenvalue weighted by Gasteiger charge is 2.47. The number of carbonyl (C=O) groups excluding carboxylic acids is 1. The second-order valence-corrected chi connectivity index (χ2v) is 5.92. The Morgan fingerprint density at radius 2 is 2.10 bits per heavy atom. The molecule has 1 fully saturated rings. The molecule has 21 heavy (non-hydrogen) atoms. The Morgan fingerprint density at radius 3 is 2.90 bits per heavy atom. The molecule has 0 saturated heterocycles. The zero-order chi connectivity index (χ0) is 14.4. The molecule has 1 amide bonds. The zero-order valence-electron chi connectivity index (χ0n) is 11.5. The molecule has 0 spiro atoms. The number of hydrogen-bond acceptors (Lipinski definition) is 3. The Hall–Kier alpha value is -2.07. The van der Waals surface area contributed by atoms with Crippen molar-refractivity contribution in [3.63, 3.8) is 0 Å². The number of benzene rings is 1. The SMILES string of the molecule is O=C(NC1c2ccccc2CC1O)C1CC1c1ccco1. The summed E-state index contributed by atoms with van der Waals surface area (Å²) < 4.78 is 5.36. The number of rotatable bonds is 3. The first kappa shape index (κ1) is 12.7. The van der Waals surface area contributed by atoms with Gasteiger partial charge in [0.15, 0.2) is 0 Å².